The first-order chi connectivity index (χ1) is 12.6. The molecule has 0 aromatic heterocycles. The minimum atomic E-state index is -0.213. The zero-order valence-electron chi connectivity index (χ0n) is 15.2. The Morgan fingerprint density at radius 3 is 2.69 bits per heavy atom. The van der Waals surface area contributed by atoms with E-state index >= 15 is 0 Å². The monoisotopic (exact) mass is 360 g/mol. The first-order valence-electron chi connectivity index (χ1n) is 8.64. The lowest BCUT2D eigenvalue weighted by atomic mass is 10.1. The number of carbonyl (C=O) groups excluding carboxylic acids is 1. The number of ether oxygens (including phenoxy) is 2. The number of rotatable bonds is 10. The normalized spacial score (nSPS) is 10.4. The van der Waals surface area contributed by atoms with Crippen molar-refractivity contribution in [1.82, 2.24) is 10.6 Å². The van der Waals surface area contributed by atoms with Gasteiger partial charge in [-0.2, -0.15) is 0 Å². The minimum absolute atomic E-state index is 0.0462. The van der Waals surface area contributed by atoms with Crippen molar-refractivity contribution in [2.45, 2.75) is 19.9 Å². The summed E-state index contributed by atoms with van der Waals surface area (Å²) in [6.45, 7) is 3.77. The highest BCUT2D eigenvalue weighted by Gasteiger charge is 2.08. The Labute approximate surface area is 153 Å². The maximum absolute atomic E-state index is 13.1. The zero-order valence-corrected chi connectivity index (χ0v) is 15.2. The molecule has 0 heterocycles. The average molecular weight is 360 g/mol. The molecule has 0 atom stereocenters. The summed E-state index contributed by atoms with van der Waals surface area (Å²) in [7, 11) is 1.56. The molecule has 6 heteroatoms. The van der Waals surface area contributed by atoms with Gasteiger partial charge in [0.15, 0.2) is 18.1 Å². The van der Waals surface area contributed by atoms with Crippen molar-refractivity contribution >= 4 is 5.91 Å². The first-order valence-corrected chi connectivity index (χ1v) is 8.64. The molecule has 1 amide bonds. The van der Waals surface area contributed by atoms with Crippen LogP contribution in [0.3, 0.4) is 0 Å². The van der Waals surface area contributed by atoms with Crippen LogP contribution in [0.15, 0.2) is 42.5 Å². The molecule has 2 rings (SSSR count). The number of benzene rings is 2. The number of likely N-dealkylation sites (N-methyl/N-ethyl adjacent to an activating group) is 1. The Morgan fingerprint density at radius 2 is 1.96 bits per heavy atom. The first kappa shape index (κ1) is 19.7. The van der Waals surface area contributed by atoms with E-state index in [1.165, 1.54) is 6.07 Å². The predicted octanol–water partition coefficient (Wildman–Crippen LogP) is 2.68. The lowest BCUT2D eigenvalue weighted by Crippen LogP contribution is -2.28. The zero-order chi connectivity index (χ0) is 18.8. The van der Waals surface area contributed by atoms with Gasteiger partial charge in [-0.05, 0) is 55.3 Å². The van der Waals surface area contributed by atoms with Crippen molar-refractivity contribution in [3.63, 3.8) is 0 Å². The minimum Gasteiger partial charge on any atom is -0.493 e. The number of nitrogens with one attached hydrogen (secondary N) is 2. The largest absolute Gasteiger partial charge is 0.493 e. The van der Waals surface area contributed by atoms with Crippen LogP contribution in [0.5, 0.6) is 11.5 Å². The van der Waals surface area contributed by atoms with E-state index in [1.807, 2.05) is 25.1 Å². The highest BCUT2D eigenvalue weighted by Crippen LogP contribution is 2.28. The third-order valence-electron chi connectivity index (χ3n) is 3.77. The molecule has 0 aliphatic heterocycles. The van der Waals surface area contributed by atoms with Crippen LogP contribution in [0.25, 0.3) is 0 Å². The predicted molar refractivity (Wildman–Crippen MR) is 99.0 cm³/mol. The fraction of sp³-hybridized carbons (Fsp3) is 0.350. The molecule has 2 aromatic carbocycles. The van der Waals surface area contributed by atoms with E-state index in [0.717, 1.165) is 24.1 Å². The Kier molecular flexibility index (Phi) is 7.89. The van der Waals surface area contributed by atoms with Crippen LogP contribution in [0.1, 0.15) is 18.1 Å². The van der Waals surface area contributed by atoms with E-state index in [-0.39, 0.29) is 18.3 Å². The molecule has 0 saturated heterocycles. The van der Waals surface area contributed by atoms with Crippen molar-refractivity contribution in [2.24, 2.45) is 0 Å². The van der Waals surface area contributed by atoms with Crippen LogP contribution in [-0.4, -0.2) is 32.7 Å². The fourth-order valence-electron chi connectivity index (χ4n) is 2.49. The maximum atomic E-state index is 13.1. The van der Waals surface area contributed by atoms with E-state index in [1.54, 1.807) is 25.3 Å². The number of hydrogen-bond donors (Lipinski definition) is 2. The summed E-state index contributed by atoms with van der Waals surface area (Å²) in [5, 5.41) is 6.00. The van der Waals surface area contributed by atoms with Crippen LogP contribution in [-0.2, 0) is 17.8 Å². The molecular weight excluding hydrogens is 335 g/mol. The van der Waals surface area contributed by atoms with Crippen molar-refractivity contribution < 1.29 is 18.7 Å². The van der Waals surface area contributed by atoms with E-state index < -0.39 is 0 Å². The van der Waals surface area contributed by atoms with Gasteiger partial charge < -0.3 is 20.1 Å². The van der Waals surface area contributed by atoms with Crippen LogP contribution >= 0.6 is 0 Å². The molecule has 0 spiro atoms. The van der Waals surface area contributed by atoms with Crippen molar-refractivity contribution in [3.8, 4) is 11.5 Å². The molecule has 2 N–H and O–H groups in total. The Morgan fingerprint density at radius 1 is 1.12 bits per heavy atom. The highest BCUT2D eigenvalue weighted by atomic mass is 19.1. The van der Waals surface area contributed by atoms with Gasteiger partial charge in [0.25, 0.3) is 5.91 Å². The van der Waals surface area contributed by atoms with Gasteiger partial charge in [0.05, 0.1) is 7.11 Å². The Balaban J connectivity index is 1.83. The van der Waals surface area contributed by atoms with Gasteiger partial charge in [-0.25, -0.2) is 4.39 Å². The second kappa shape index (κ2) is 10.4. The van der Waals surface area contributed by atoms with Crippen molar-refractivity contribution in [3.05, 3.63) is 59.4 Å². The summed E-state index contributed by atoms with van der Waals surface area (Å²) in [4.78, 5) is 11.5. The van der Waals surface area contributed by atoms with Gasteiger partial charge in [-0.3, -0.25) is 4.79 Å². The summed E-state index contributed by atoms with van der Waals surface area (Å²) in [5.74, 6) is 0.731. The highest BCUT2D eigenvalue weighted by molar-refractivity contribution is 5.77. The van der Waals surface area contributed by atoms with E-state index in [0.29, 0.717) is 24.6 Å². The summed E-state index contributed by atoms with van der Waals surface area (Å²) >= 11 is 0. The molecule has 0 bridgehead atoms. The Bertz CT molecular complexity index is 722. The fourth-order valence-corrected chi connectivity index (χ4v) is 2.49. The number of carbonyl (C=O) groups is 1. The maximum Gasteiger partial charge on any atom is 0.257 e. The molecule has 2 aromatic rings. The molecule has 0 aliphatic carbocycles. The molecule has 140 valence electrons. The smallest absolute Gasteiger partial charge is 0.257 e. The third-order valence-corrected chi connectivity index (χ3v) is 3.77. The second-order valence-corrected chi connectivity index (χ2v) is 5.78. The van der Waals surface area contributed by atoms with Gasteiger partial charge in [0.1, 0.15) is 5.82 Å². The molecule has 0 unspecified atom stereocenters. The second-order valence-electron chi connectivity index (χ2n) is 5.78. The number of halogens is 1. The summed E-state index contributed by atoms with van der Waals surface area (Å²) in [6, 6.07) is 12.2. The van der Waals surface area contributed by atoms with Crippen LogP contribution in [0.2, 0.25) is 0 Å². The lowest BCUT2D eigenvalue weighted by Gasteiger charge is -2.12. The molecule has 5 nitrogen and oxygen atoms in total. The van der Waals surface area contributed by atoms with Crippen LogP contribution < -0.4 is 20.1 Å². The summed E-state index contributed by atoms with van der Waals surface area (Å²) < 4.78 is 24.0. The molecule has 0 radical (unpaired) electrons. The molecule has 26 heavy (non-hydrogen) atoms. The number of hydrogen-bond acceptors (Lipinski definition) is 4. The van der Waals surface area contributed by atoms with Gasteiger partial charge in [-0.1, -0.05) is 18.2 Å². The summed E-state index contributed by atoms with van der Waals surface area (Å²) in [5.41, 5.74) is 2.00. The third kappa shape index (κ3) is 6.37. The average Bonchev–Trinajstić information content (AvgIpc) is 2.64. The summed E-state index contributed by atoms with van der Waals surface area (Å²) in [6.07, 6.45) is 0.753. The van der Waals surface area contributed by atoms with Gasteiger partial charge in [0.2, 0.25) is 0 Å². The van der Waals surface area contributed by atoms with Crippen LogP contribution in [0.4, 0.5) is 4.39 Å². The van der Waals surface area contributed by atoms with Gasteiger partial charge >= 0.3 is 0 Å². The standard InChI is InChI=1S/C20H25FN2O3/c1-3-23-20(24)14-26-18-8-7-16(12-19(18)25-2)13-22-10-9-15-5-4-6-17(21)11-15/h4-8,11-12,22H,3,9-10,13-14H2,1-2H3,(H,23,24). The number of methoxy groups -OCH3 is 1. The number of amides is 1. The Hall–Kier alpha value is -2.60. The van der Waals surface area contributed by atoms with Crippen molar-refractivity contribution in [2.75, 3.05) is 26.8 Å². The lowest BCUT2D eigenvalue weighted by molar-refractivity contribution is -0.123. The van der Waals surface area contributed by atoms with Crippen molar-refractivity contribution in [1.29, 1.82) is 0 Å². The van der Waals surface area contributed by atoms with Gasteiger partial charge in [0, 0.05) is 13.1 Å². The van der Waals surface area contributed by atoms with E-state index in [2.05, 4.69) is 10.6 Å². The molecular formula is C20H25FN2O3. The van der Waals surface area contributed by atoms with E-state index in [4.69, 9.17) is 9.47 Å². The topological polar surface area (TPSA) is 59.6 Å². The van der Waals surface area contributed by atoms with Gasteiger partial charge in [-0.15, -0.1) is 0 Å². The quantitative estimate of drug-likeness (QED) is 0.640. The van der Waals surface area contributed by atoms with Crippen LogP contribution in [0, 0.1) is 5.82 Å². The van der Waals surface area contributed by atoms with E-state index in [9.17, 15) is 9.18 Å². The molecule has 0 aliphatic rings. The molecule has 0 fully saturated rings. The SMILES string of the molecule is CCNC(=O)COc1ccc(CNCCc2cccc(F)c2)cc1OC. The molecule has 0 saturated carbocycles.